The van der Waals surface area contributed by atoms with Gasteiger partial charge in [0.1, 0.15) is 5.60 Å². The summed E-state index contributed by atoms with van der Waals surface area (Å²) in [5.41, 5.74) is 7.90. The van der Waals surface area contributed by atoms with Crippen LogP contribution in [0.5, 0.6) is 0 Å². The van der Waals surface area contributed by atoms with Gasteiger partial charge in [-0.2, -0.15) is 0 Å². The number of aliphatic carboxylic acids is 1. The molecule has 0 spiro atoms. The van der Waals surface area contributed by atoms with Crippen LogP contribution in [0.25, 0.3) is 0 Å². The molecule has 0 saturated heterocycles. The van der Waals surface area contributed by atoms with Crippen molar-refractivity contribution in [2.75, 3.05) is 27.2 Å². The highest BCUT2D eigenvalue weighted by atomic mass is 16.6. The highest BCUT2D eigenvalue weighted by molar-refractivity contribution is 5.83. The number of allylic oxidation sites excluding steroid dienone is 4. The van der Waals surface area contributed by atoms with E-state index in [0.717, 1.165) is 57.0 Å². The van der Waals surface area contributed by atoms with Crippen molar-refractivity contribution in [2.45, 2.75) is 165 Å². The Kier molecular flexibility index (Phi) is 15.6. The quantitative estimate of drug-likeness (QED) is 0.248. The van der Waals surface area contributed by atoms with Crippen LogP contribution in [-0.2, 0) is 14.3 Å². The summed E-state index contributed by atoms with van der Waals surface area (Å²) < 4.78 is 4.58. The molecular formula is C46H81N3O5. The van der Waals surface area contributed by atoms with Crippen LogP contribution in [0.3, 0.4) is 0 Å². The average Bonchev–Trinajstić information content (AvgIpc) is 3.55. The molecule has 4 fully saturated rings. The summed E-state index contributed by atoms with van der Waals surface area (Å²) >= 11 is 0. The number of carboxylic acids is 1. The highest BCUT2D eigenvalue weighted by Gasteiger charge is 2.66. The van der Waals surface area contributed by atoms with E-state index in [1.807, 2.05) is 27.7 Å². The molecule has 0 heterocycles. The number of hydrogen-bond acceptors (Lipinski definition) is 5. The molecule has 0 bridgehead atoms. The summed E-state index contributed by atoms with van der Waals surface area (Å²) in [6.45, 7) is 25.3. The van der Waals surface area contributed by atoms with Gasteiger partial charge in [-0.05, 0) is 169 Å². The number of ether oxygens (including phenoxy) is 1. The molecule has 54 heavy (non-hydrogen) atoms. The van der Waals surface area contributed by atoms with Gasteiger partial charge in [-0.15, -0.1) is 0 Å². The van der Waals surface area contributed by atoms with Gasteiger partial charge in [0.2, 0.25) is 5.91 Å². The molecule has 0 radical (unpaired) electrons. The normalized spacial score (nSPS) is 36.2. The number of hydrogen-bond donors (Lipinski definition) is 3. The predicted molar refractivity (Wildman–Crippen MR) is 222 cm³/mol. The van der Waals surface area contributed by atoms with Gasteiger partial charge in [-0.1, -0.05) is 74.0 Å². The van der Waals surface area contributed by atoms with Crippen LogP contribution in [0.4, 0.5) is 4.79 Å². The molecule has 4 N–H and O–H groups in total. The van der Waals surface area contributed by atoms with E-state index in [1.165, 1.54) is 56.1 Å². The van der Waals surface area contributed by atoms with Crippen molar-refractivity contribution in [1.29, 1.82) is 0 Å². The largest absolute Gasteiger partial charge is 0.481 e. The second-order valence-corrected chi connectivity index (χ2v) is 19.4. The number of nitrogens with one attached hydrogen (secondary N) is 1. The number of fused-ring (bicyclic) bond motifs is 7. The van der Waals surface area contributed by atoms with Gasteiger partial charge < -0.3 is 25.8 Å². The molecule has 4 unspecified atom stereocenters. The van der Waals surface area contributed by atoms with Crippen molar-refractivity contribution in [3.05, 3.63) is 23.3 Å². The van der Waals surface area contributed by atoms with Crippen molar-refractivity contribution in [3.63, 3.8) is 0 Å². The Morgan fingerprint density at radius 1 is 0.870 bits per heavy atom. The topological polar surface area (TPSA) is 122 Å². The number of amides is 2. The predicted octanol–water partition coefficient (Wildman–Crippen LogP) is 10.4. The van der Waals surface area contributed by atoms with Crippen LogP contribution in [-0.4, -0.2) is 60.8 Å². The molecule has 0 aromatic heterocycles. The van der Waals surface area contributed by atoms with E-state index in [9.17, 15) is 19.5 Å². The zero-order chi connectivity index (χ0) is 40.9. The average molecular weight is 756 g/mol. The Bertz CT molecular complexity index is 1360. The van der Waals surface area contributed by atoms with Gasteiger partial charge in [-0.25, -0.2) is 4.79 Å². The number of nitrogens with zero attached hydrogens (tertiary/aromatic N) is 1. The van der Waals surface area contributed by atoms with Crippen molar-refractivity contribution in [2.24, 2.45) is 62.9 Å². The van der Waals surface area contributed by atoms with Gasteiger partial charge >= 0.3 is 12.1 Å². The fraction of sp³-hybridized carbons (Fsp3) is 0.848. The van der Waals surface area contributed by atoms with Gasteiger partial charge in [0.25, 0.3) is 0 Å². The van der Waals surface area contributed by atoms with Gasteiger partial charge in [0, 0.05) is 13.1 Å². The third-order valence-electron chi connectivity index (χ3n) is 14.9. The molecule has 8 nitrogen and oxygen atoms in total. The third-order valence-corrected chi connectivity index (χ3v) is 14.9. The monoisotopic (exact) mass is 756 g/mol. The lowest BCUT2D eigenvalue weighted by Gasteiger charge is -2.68. The molecule has 9 atom stereocenters. The lowest BCUT2D eigenvalue weighted by Crippen LogP contribution is -2.62. The number of likely N-dealkylation sites (N-methyl/N-ethyl adjacent to an activating group) is 1. The molecule has 4 saturated carbocycles. The van der Waals surface area contributed by atoms with E-state index in [0.29, 0.717) is 40.9 Å². The maximum Gasteiger partial charge on any atom is 0.405 e. The number of carbonyl (C=O) groups is 3. The van der Waals surface area contributed by atoms with E-state index < -0.39 is 17.7 Å². The number of carboxylic acid groups (broad SMARTS) is 1. The SMILES string of the molecule is CC.CC.CC(C)(C)OC(N)=O.CN(C)CCNC(=O)[C@]12CCC[C@@H]1[C@H]1CCC3[C@@](C)(CCC4C(C)(C)C(C5=CCC(C(=O)O)CC5)=CC[C@@]43C)C1CC2. The Labute approximate surface area is 330 Å². The van der Waals surface area contributed by atoms with Crippen LogP contribution in [0.1, 0.15) is 160 Å². The first-order chi connectivity index (χ1) is 25.3. The minimum absolute atomic E-state index is 0.115. The molecule has 6 rings (SSSR count). The van der Waals surface area contributed by atoms with E-state index >= 15 is 0 Å². The van der Waals surface area contributed by atoms with Crippen LogP contribution < -0.4 is 11.1 Å². The third kappa shape index (κ3) is 9.26. The summed E-state index contributed by atoms with van der Waals surface area (Å²) in [5, 5.41) is 12.9. The molecule has 0 aromatic carbocycles. The molecule has 6 aliphatic rings. The van der Waals surface area contributed by atoms with Crippen LogP contribution in [0.2, 0.25) is 0 Å². The van der Waals surface area contributed by atoms with Gasteiger partial charge in [0.05, 0.1) is 11.3 Å². The van der Waals surface area contributed by atoms with Crippen LogP contribution >= 0.6 is 0 Å². The summed E-state index contributed by atoms with van der Waals surface area (Å²) in [5.74, 6) is 2.94. The second kappa shape index (κ2) is 18.3. The molecule has 310 valence electrons. The first-order valence-corrected chi connectivity index (χ1v) is 21.8. The van der Waals surface area contributed by atoms with Crippen molar-refractivity contribution in [1.82, 2.24) is 10.2 Å². The van der Waals surface area contributed by atoms with Gasteiger partial charge in [-0.3, -0.25) is 9.59 Å². The first-order valence-electron chi connectivity index (χ1n) is 21.8. The number of rotatable bonds is 6. The van der Waals surface area contributed by atoms with Crippen LogP contribution in [0.15, 0.2) is 23.3 Å². The molecule has 6 aliphatic carbocycles. The fourth-order valence-electron chi connectivity index (χ4n) is 12.9. The number of nitrogens with two attached hydrogens (primary N) is 1. The van der Waals surface area contributed by atoms with E-state index in [4.69, 9.17) is 5.73 Å². The summed E-state index contributed by atoms with van der Waals surface area (Å²) in [7, 11) is 4.16. The van der Waals surface area contributed by atoms with Gasteiger partial charge in [0.15, 0.2) is 0 Å². The van der Waals surface area contributed by atoms with E-state index in [-0.39, 0.29) is 16.7 Å². The maximum atomic E-state index is 13.8. The zero-order valence-corrected chi connectivity index (χ0v) is 36.8. The second-order valence-electron chi connectivity index (χ2n) is 19.4. The zero-order valence-electron chi connectivity index (χ0n) is 36.8. The molecular weight excluding hydrogens is 675 g/mol. The Morgan fingerprint density at radius 3 is 2.07 bits per heavy atom. The lowest BCUT2D eigenvalue weighted by molar-refractivity contribution is -0.183. The molecule has 8 heteroatoms. The smallest absolute Gasteiger partial charge is 0.405 e. The maximum absolute atomic E-state index is 13.8. The van der Waals surface area contributed by atoms with Crippen LogP contribution in [0, 0.1) is 57.2 Å². The standard InChI is InChI=1S/C37H58N2O3.C5H11NO2.2C2H6/c1-34(2)27(24-9-11-25(12-10-24)32(40)41)15-19-36(4)30(34)17-20-35(3)28-16-21-37(33(42)38-22-23-39(5)6)18-7-8-29(37)26(28)13-14-31(35)36;1-5(2,3)8-4(6)7;2*1-2/h9,15,25-26,28-31H,7-8,10-14,16-23H2,1-6H3,(H,38,42)(H,40,41);1-3H3,(H2,6,7);2*1-2H3/t25?,26-,28?,29+,30?,31?,35-,36-,37-;;;/m0.../s1. The summed E-state index contributed by atoms with van der Waals surface area (Å²) in [4.78, 5) is 37.5. The fourth-order valence-corrected chi connectivity index (χ4v) is 12.9. The highest BCUT2D eigenvalue weighted by Crippen LogP contribution is 2.73. The minimum atomic E-state index is -0.725. The van der Waals surface area contributed by atoms with Crippen molar-refractivity contribution < 1.29 is 24.2 Å². The minimum Gasteiger partial charge on any atom is -0.481 e. The summed E-state index contributed by atoms with van der Waals surface area (Å²) in [6, 6.07) is 0. The first kappa shape index (κ1) is 46.0. The number of carbonyl (C=O) groups excluding carboxylic acids is 2. The van der Waals surface area contributed by atoms with E-state index in [2.05, 4.69) is 68.9 Å². The molecule has 2 amide bonds. The van der Waals surface area contributed by atoms with E-state index in [1.54, 1.807) is 20.8 Å². The lowest BCUT2D eigenvalue weighted by atomic mass is 9.36. The number of primary amides is 1. The Hall–Kier alpha value is -2.35. The molecule has 0 aromatic rings. The van der Waals surface area contributed by atoms with Crippen molar-refractivity contribution >= 4 is 18.0 Å². The van der Waals surface area contributed by atoms with Crippen molar-refractivity contribution in [3.8, 4) is 0 Å². The molecule has 0 aliphatic heterocycles. The Balaban J connectivity index is 0.000000575. The Morgan fingerprint density at radius 2 is 1.54 bits per heavy atom. The summed E-state index contributed by atoms with van der Waals surface area (Å²) in [6.07, 6.45) is 18.8.